The lowest BCUT2D eigenvalue weighted by molar-refractivity contribution is -0.136. The average Bonchev–Trinajstić information content (AvgIpc) is 2.86. The van der Waals surface area contributed by atoms with Crippen molar-refractivity contribution in [3.05, 3.63) is 29.7 Å². The highest BCUT2D eigenvalue weighted by atomic mass is 16.4. The van der Waals surface area contributed by atoms with E-state index in [-0.39, 0.29) is 5.41 Å². The van der Waals surface area contributed by atoms with Crippen LogP contribution in [0.25, 0.3) is 6.08 Å². The first-order chi connectivity index (χ1) is 9.64. The number of carboxylic acid groups (broad SMARTS) is 1. The SMILES string of the molecule is O=C(O)/C(=C/c1ccco1)C12CC3CC(CC(C3)C1)C2. The van der Waals surface area contributed by atoms with E-state index in [9.17, 15) is 9.90 Å². The molecule has 0 atom stereocenters. The largest absolute Gasteiger partial charge is 0.478 e. The van der Waals surface area contributed by atoms with Crippen LogP contribution in [-0.2, 0) is 4.79 Å². The van der Waals surface area contributed by atoms with Crippen molar-refractivity contribution in [1.82, 2.24) is 0 Å². The third-order valence-electron chi connectivity index (χ3n) is 5.67. The first-order valence-electron chi connectivity index (χ1n) is 7.64. The van der Waals surface area contributed by atoms with Gasteiger partial charge in [-0.3, -0.25) is 0 Å². The van der Waals surface area contributed by atoms with E-state index in [4.69, 9.17) is 4.42 Å². The molecule has 1 aromatic rings. The molecule has 4 bridgehead atoms. The third kappa shape index (κ3) is 1.83. The van der Waals surface area contributed by atoms with Crippen LogP contribution >= 0.6 is 0 Å². The molecule has 4 saturated carbocycles. The van der Waals surface area contributed by atoms with Crippen molar-refractivity contribution in [2.45, 2.75) is 38.5 Å². The number of carboxylic acids is 1. The van der Waals surface area contributed by atoms with Crippen LogP contribution in [0.1, 0.15) is 44.3 Å². The fourth-order valence-corrected chi connectivity index (χ4v) is 5.40. The molecule has 1 N–H and O–H groups in total. The molecule has 20 heavy (non-hydrogen) atoms. The number of hydrogen-bond donors (Lipinski definition) is 1. The summed E-state index contributed by atoms with van der Waals surface area (Å²) in [7, 11) is 0. The molecule has 5 rings (SSSR count). The molecule has 4 fully saturated rings. The summed E-state index contributed by atoms with van der Waals surface area (Å²) in [6.07, 6.45) is 10.6. The van der Waals surface area contributed by atoms with Crippen molar-refractivity contribution in [1.29, 1.82) is 0 Å². The highest BCUT2D eigenvalue weighted by molar-refractivity contribution is 5.93. The maximum absolute atomic E-state index is 11.8. The zero-order chi connectivity index (χ0) is 13.7. The minimum absolute atomic E-state index is 0.0899. The van der Waals surface area contributed by atoms with E-state index in [1.54, 1.807) is 12.3 Å². The lowest BCUT2D eigenvalue weighted by atomic mass is 9.47. The summed E-state index contributed by atoms with van der Waals surface area (Å²) in [5.41, 5.74) is 0.499. The van der Waals surface area contributed by atoms with Gasteiger partial charge in [-0.15, -0.1) is 0 Å². The Morgan fingerprint density at radius 2 is 1.80 bits per heavy atom. The predicted octanol–water partition coefficient (Wildman–Crippen LogP) is 3.96. The molecular formula is C17H20O3. The second-order valence-corrected chi connectivity index (χ2v) is 7.08. The van der Waals surface area contributed by atoms with Crippen molar-refractivity contribution in [3.8, 4) is 0 Å². The minimum atomic E-state index is -0.761. The molecule has 1 heterocycles. The normalized spacial score (nSPS) is 39.2. The molecule has 0 radical (unpaired) electrons. The van der Waals surface area contributed by atoms with Gasteiger partial charge in [-0.25, -0.2) is 4.79 Å². The first kappa shape index (κ1) is 12.2. The standard InChI is InChI=1S/C17H20O3/c18-16(19)15(7-14-2-1-3-20-14)17-8-11-4-12(9-17)6-13(5-11)10-17/h1-3,7,11-13H,4-6,8-10H2,(H,18,19)/b15-7-. The molecule has 4 aliphatic carbocycles. The predicted molar refractivity (Wildman–Crippen MR) is 74.9 cm³/mol. The van der Waals surface area contributed by atoms with Crippen molar-refractivity contribution in [3.63, 3.8) is 0 Å². The Morgan fingerprint density at radius 1 is 1.20 bits per heavy atom. The summed E-state index contributed by atoms with van der Waals surface area (Å²) in [5.74, 6) is 2.16. The van der Waals surface area contributed by atoms with Crippen LogP contribution in [0.15, 0.2) is 28.4 Å². The zero-order valence-electron chi connectivity index (χ0n) is 11.5. The Bertz CT molecular complexity index is 518. The fourth-order valence-electron chi connectivity index (χ4n) is 5.40. The molecule has 0 aliphatic heterocycles. The second-order valence-electron chi connectivity index (χ2n) is 7.08. The lowest BCUT2D eigenvalue weighted by Crippen LogP contribution is -2.48. The summed E-state index contributed by atoms with van der Waals surface area (Å²) in [6, 6.07) is 3.65. The number of furan rings is 1. The van der Waals surface area contributed by atoms with Gasteiger partial charge in [0, 0.05) is 11.0 Å². The van der Waals surface area contributed by atoms with E-state index < -0.39 is 5.97 Å². The third-order valence-corrected chi connectivity index (χ3v) is 5.67. The summed E-state index contributed by atoms with van der Waals surface area (Å²) < 4.78 is 5.34. The van der Waals surface area contributed by atoms with Gasteiger partial charge in [-0.1, -0.05) is 0 Å². The fraction of sp³-hybridized carbons (Fsp3) is 0.588. The van der Waals surface area contributed by atoms with E-state index in [0.717, 1.165) is 37.0 Å². The van der Waals surface area contributed by atoms with Crippen molar-refractivity contribution < 1.29 is 14.3 Å². The van der Waals surface area contributed by atoms with E-state index in [1.165, 1.54) is 19.3 Å². The summed E-state index contributed by atoms with van der Waals surface area (Å²) in [5, 5.41) is 9.72. The van der Waals surface area contributed by atoms with Gasteiger partial charge in [0.05, 0.1) is 6.26 Å². The van der Waals surface area contributed by atoms with Gasteiger partial charge >= 0.3 is 5.97 Å². The first-order valence-corrected chi connectivity index (χ1v) is 7.64. The molecule has 106 valence electrons. The lowest BCUT2D eigenvalue weighted by Gasteiger charge is -2.57. The Morgan fingerprint density at radius 3 is 2.25 bits per heavy atom. The number of hydrogen-bond acceptors (Lipinski definition) is 2. The van der Waals surface area contributed by atoms with Gasteiger partial charge in [0.2, 0.25) is 0 Å². The van der Waals surface area contributed by atoms with Crippen LogP contribution in [0, 0.1) is 23.2 Å². The highest BCUT2D eigenvalue weighted by Gasteiger charge is 2.53. The van der Waals surface area contributed by atoms with Gasteiger partial charge in [-0.2, -0.15) is 0 Å². The topological polar surface area (TPSA) is 50.4 Å². The van der Waals surface area contributed by atoms with Crippen LogP contribution < -0.4 is 0 Å². The molecule has 0 saturated heterocycles. The Labute approximate surface area is 118 Å². The Balaban J connectivity index is 1.75. The smallest absolute Gasteiger partial charge is 0.332 e. The molecule has 1 aromatic heterocycles. The van der Waals surface area contributed by atoms with Gasteiger partial charge < -0.3 is 9.52 Å². The molecular weight excluding hydrogens is 252 g/mol. The van der Waals surface area contributed by atoms with Gasteiger partial charge in [0.1, 0.15) is 5.76 Å². The monoisotopic (exact) mass is 272 g/mol. The van der Waals surface area contributed by atoms with Crippen LogP contribution in [0.3, 0.4) is 0 Å². The van der Waals surface area contributed by atoms with Crippen molar-refractivity contribution in [2.75, 3.05) is 0 Å². The van der Waals surface area contributed by atoms with Crippen LogP contribution in [-0.4, -0.2) is 11.1 Å². The van der Waals surface area contributed by atoms with Crippen molar-refractivity contribution in [2.24, 2.45) is 23.2 Å². The number of aliphatic carboxylic acids is 1. The number of carbonyl (C=O) groups is 1. The Hall–Kier alpha value is -1.51. The molecule has 4 aliphatic rings. The molecule has 0 unspecified atom stereocenters. The van der Waals surface area contributed by atoms with Crippen LogP contribution in [0.5, 0.6) is 0 Å². The minimum Gasteiger partial charge on any atom is -0.478 e. The van der Waals surface area contributed by atoms with Crippen molar-refractivity contribution >= 4 is 12.0 Å². The van der Waals surface area contributed by atoms with Crippen LogP contribution in [0.2, 0.25) is 0 Å². The van der Waals surface area contributed by atoms with Gasteiger partial charge in [0.15, 0.2) is 0 Å². The average molecular weight is 272 g/mol. The molecule has 3 nitrogen and oxygen atoms in total. The van der Waals surface area contributed by atoms with E-state index in [1.807, 2.05) is 12.1 Å². The highest BCUT2D eigenvalue weighted by Crippen LogP contribution is 2.62. The summed E-state index contributed by atoms with van der Waals surface area (Å²) >= 11 is 0. The summed E-state index contributed by atoms with van der Waals surface area (Å²) in [6.45, 7) is 0. The van der Waals surface area contributed by atoms with Gasteiger partial charge in [0.25, 0.3) is 0 Å². The quantitative estimate of drug-likeness (QED) is 0.847. The molecule has 0 aromatic carbocycles. The van der Waals surface area contributed by atoms with Crippen LogP contribution in [0.4, 0.5) is 0 Å². The Kier molecular flexibility index (Phi) is 2.60. The number of rotatable bonds is 3. The molecule has 0 amide bonds. The van der Waals surface area contributed by atoms with E-state index in [2.05, 4.69) is 0 Å². The zero-order valence-corrected chi connectivity index (χ0v) is 11.5. The molecule has 0 spiro atoms. The second kappa shape index (κ2) is 4.24. The van der Waals surface area contributed by atoms with E-state index >= 15 is 0 Å². The maximum Gasteiger partial charge on any atom is 0.332 e. The van der Waals surface area contributed by atoms with Gasteiger partial charge in [-0.05, 0) is 74.5 Å². The van der Waals surface area contributed by atoms with E-state index in [0.29, 0.717) is 11.3 Å². The summed E-state index contributed by atoms with van der Waals surface area (Å²) in [4.78, 5) is 11.8. The molecule has 3 heteroatoms. The maximum atomic E-state index is 11.8.